The lowest BCUT2D eigenvalue weighted by Crippen LogP contribution is -2.35. The minimum Gasteiger partial charge on any atom is -0.399 e. The number of rotatable bonds is 3. The zero-order valence-corrected chi connectivity index (χ0v) is 12.0. The fourth-order valence-corrected chi connectivity index (χ4v) is 2.76. The quantitative estimate of drug-likeness (QED) is 0.508. The standard InChI is InChI=1S/C15H21N3O3/c16-11-8-9-14(18(20)21)13(10-11)15(19)17-12-6-4-2-1-3-5-7-12/h8-10,12H,1-7,16H2,(H,17,19). The molecule has 21 heavy (non-hydrogen) atoms. The van der Waals surface area contributed by atoms with Gasteiger partial charge in [0.2, 0.25) is 0 Å². The first-order valence-corrected chi connectivity index (χ1v) is 7.42. The van der Waals surface area contributed by atoms with Gasteiger partial charge in [0.25, 0.3) is 11.6 Å². The van der Waals surface area contributed by atoms with Gasteiger partial charge in [-0.2, -0.15) is 0 Å². The third-order valence-corrected chi connectivity index (χ3v) is 3.90. The minimum absolute atomic E-state index is 0.0436. The molecule has 6 heteroatoms. The van der Waals surface area contributed by atoms with Crippen LogP contribution >= 0.6 is 0 Å². The molecular formula is C15H21N3O3. The number of nitro benzene ring substituents is 1. The number of anilines is 1. The maximum atomic E-state index is 12.3. The molecule has 0 aromatic heterocycles. The van der Waals surface area contributed by atoms with Gasteiger partial charge >= 0.3 is 0 Å². The number of nitrogen functional groups attached to an aromatic ring is 1. The Morgan fingerprint density at radius 1 is 1.19 bits per heavy atom. The number of hydrogen-bond donors (Lipinski definition) is 2. The van der Waals surface area contributed by atoms with Gasteiger partial charge in [0.1, 0.15) is 5.56 Å². The summed E-state index contributed by atoms with van der Waals surface area (Å²) in [5.74, 6) is -0.403. The Kier molecular flexibility index (Phi) is 5.14. The monoisotopic (exact) mass is 291 g/mol. The number of nitro groups is 1. The lowest BCUT2D eigenvalue weighted by molar-refractivity contribution is -0.385. The number of nitrogens with one attached hydrogen (secondary N) is 1. The highest BCUT2D eigenvalue weighted by molar-refractivity contribution is 5.99. The summed E-state index contributed by atoms with van der Waals surface area (Å²) in [7, 11) is 0. The zero-order valence-electron chi connectivity index (χ0n) is 12.0. The Morgan fingerprint density at radius 3 is 2.43 bits per heavy atom. The molecule has 0 radical (unpaired) electrons. The van der Waals surface area contributed by atoms with Crippen molar-refractivity contribution in [3.63, 3.8) is 0 Å². The largest absolute Gasteiger partial charge is 0.399 e. The third-order valence-electron chi connectivity index (χ3n) is 3.90. The van der Waals surface area contributed by atoms with Crippen LogP contribution in [0, 0.1) is 10.1 Å². The summed E-state index contributed by atoms with van der Waals surface area (Å²) in [5, 5.41) is 13.9. The highest BCUT2D eigenvalue weighted by atomic mass is 16.6. The molecule has 2 rings (SSSR count). The van der Waals surface area contributed by atoms with Crippen molar-refractivity contribution in [1.82, 2.24) is 5.32 Å². The predicted molar refractivity (Wildman–Crippen MR) is 81.1 cm³/mol. The van der Waals surface area contributed by atoms with Crippen LogP contribution in [0.2, 0.25) is 0 Å². The molecule has 0 spiro atoms. The molecule has 1 aromatic rings. The molecule has 1 amide bonds. The van der Waals surface area contributed by atoms with E-state index in [1.165, 1.54) is 37.5 Å². The molecule has 1 aliphatic rings. The third kappa shape index (κ3) is 4.18. The summed E-state index contributed by atoms with van der Waals surface area (Å²) in [4.78, 5) is 22.8. The van der Waals surface area contributed by atoms with Crippen LogP contribution in [0.3, 0.4) is 0 Å². The van der Waals surface area contributed by atoms with Crippen molar-refractivity contribution >= 4 is 17.3 Å². The molecule has 1 aromatic carbocycles. The van der Waals surface area contributed by atoms with Crippen LogP contribution in [0.1, 0.15) is 55.3 Å². The summed E-state index contributed by atoms with van der Waals surface area (Å²) >= 11 is 0. The Hall–Kier alpha value is -2.11. The number of amides is 1. The highest BCUT2D eigenvalue weighted by Gasteiger charge is 2.22. The summed E-state index contributed by atoms with van der Waals surface area (Å²) in [6.45, 7) is 0. The van der Waals surface area contributed by atoms with Crippen molar-refractivity contribution < 1.29 is 9.72 Å². The van der Waals surface area contributed by atoms with E-state index in [2.05, 4.69) is 5.32 Å². The van der Waals surface area contributed by atoms with Crippen LogP contribution in [-0.2, 0) is 0 Å². The van der Waals surface area contributed by atoms with E-state index in [1.54, 1.807) is 0 Å². The average molecular weight is 291 g/mol. The van der Waals surface area contributed by atoms with Gasteiger partial charge in [0, 0.05) is 17.8 Å². The van der Waals surface area contributed by atoms with E-state index < -0.39 is 10.8 Å². The van der Waals surface area contributed by atoms with Crippen LogP contribution in [0.25, 0.3) is 0 Å². The van der Waals surface area contributed by atoms with Gasteiger partial charge < -0.3 is 11.1 Å². The van der Waals surface area contributed by atoms with Gasteiger partial charge in [-0.3, -0.25) is 14.9 Å². The zero-order chi connectivity index (χ0) is 15.2. The molecule has 0 unspecified atom stereocenters. The molecule has 0 atom stereocenters. The van der Waals surface area contributed by atoms with Gasteiger partial charge in [0.05, 0.1) is 4.92 Å². The van der Waals surface area contributed by atoms with E-state index in [4.69, 9.17) is 5.73 Å². The Bertz CT molecular complexity index is 523. The number of nitrogens with zero attached hydrogens (tertiary/aromatic N) is 1. The van der Waals surface area contributed by atoms with Crippen LogP contribution in [-0.4, -0.2) is 16.9 Å². The van der Waals surface area contributed by atoms with Crippen molar-refractivity contribution in [3.8, 4) is 0 Å². The summed E-state index contributed by atoms with van der Waals surface area (Å²) < 4.78 is 0. The van der Waals surface area contributed by atoms with Gasteiger partial charge in [-0.05, 0) is 25.0 Å². The topological polar surface area (TPSA) is 98.3 Å². The van der Waals surface area contributed by atoms with Crippen LogP contribution in [0.15, 0.2) is 18.2 Å². The van der Waals surface area contributed by atoms with E-state index in [0.29, 0.717) is 5.69 Å². The normalized spacial score (nSPS) is 16.8. The number of carbonyl (C=O) groups is 1. The second kappa shape index (κ2) is 7.06. The fraction of sp³-hybridized carbons (Fsp3) is 0.533. The lowest BCUT2D eigenvalue weighted by atomic mass is 9.96. The molecule has 0 aliphatic heterocycles. The molecule has 0 bridgehead atoms. The van der Waals surface area contributed by atoms with E-state index in [1.807, 2.05) is 0 Å². The van der Waals surface area contributed by atoms with Crippen LogP contribution in [0.5, 0.6) is 0 Å². The van der Waals surface area contributed by atoms with Crippen molar-refractivity contribution in [3.05, 3.63) is 33.9 Å². The second-order valence-corrected chi connectivity index (χ2v) is 5.55. The number of benzene rings is 1. The number of hydrogen-bond acceptors (Lipinski definition) is 4. The summed E-state index contributed by atoms with van der Waals surface area (Å²) in [6.07, 6.45) is 7.66. The fourth-order valence-electron chi connectivity index (χ4n) is 2.76. The van der Waals surface area contributed by atoms with Crippen molar-refractivity contribution in [2.45, 2.75) is 51.0 Å². The Morgan fingerprint density at radius 2 is 1.81 bits per heavy atom. The Labute approximate surface area is 123 Å². The van der Waals surface area contributed by atoms with E-state index in [0.717, 1.165) is 25.7 Å². The van der Waals surface area contributed by atoms with Crippen LogP contribution in [0.4, 0.5) is 11.4 Å². The molecule has 3 N–H and O–H groups in total. The smallest absolute Gasteiger partial charge is 0.282 e. The van der Waals surface area contributed by atoms with Gasteiger partial charge in [-0.15, -0.1) is 0 Å². The van der Waals surface area contributed by atoms with E-state index in [-0.39, 0.29) is 17.3 Å². The number of nitrogens with two attached hydrogens (primary N) is 1. The second-order valence-electron chi connectivity index (χ2n) is 5.55. The molecule has 1 aliphatic carbocycles. The van der Waals surface area contributed by atoms with Crippen LogP contribution < -0.4 is 11.1 Å². The highest BCUT2D eigenvalue weighted by Crippen LogP contribution is 2.22. The first-order chi connectivity index (χ1) is 10.1. The van der Waals surface area contributed by atoms with Crippen molar-refractivity contribution in [1.29, 1.82) is 0 Å². The molecule has 0 heterocycles. The maximum Gasteiger partial charge on any atom is 0.282 e. The lowest BCUT2D eigenvalue weighted by Gasteiger charge is -2.21. The first-order valence-electron chi connectivity index (χ1n) is 7.42. The maximum absolute atomic E-state index is 12.3. The molecule has 1 saturated carbocycles. The molecule has 114 valence electrons. The SMILES string of the molecule is Nc1ccc([N+](=O)[O-])c(C(=O)NC2CCCCCCC2)c1. The Balaban J connectivity index is 2.11. The minimum atomic E-state index is -0.549. The van der Waals surface area contributed by atoms with E-state index in [9.17, 15) is 14.9 Å². The summed E-state index contributed by atoms with van der Waals surface area (Å²) in [5.41, 5.74) is 5.83. The van der Waals surface area contributed by atoms with Crippen molar-refractivity contribution in [2.24, 2.45) is 0 Å². The van der Waals surface area contributed by atoms with E-state index >= 15 is 0 Å². The van der Waals surface area contributed by atoms with Crippen molar-refractivity contribution in [2.75, 3.05) is 5.73 Å². The first kappa shape index (κ1) is 15.3. The molecule has 6 nitrogen and oxygen atoms in total. The molecule has 0 saturated heterocycles. The average Bonchev–Trinajstić information content (AvgIpc) is 2.41. The molecular weight excluding hydrogens is 270 g/mol. The van der Waals surface area contributed by atoms with Gasteiger partial charge in [-0.1, -0.05) is 32.1 Å². The van der Waals surface area contributed by atoms with Gasteiger partial charge in [-0.25, -0.2) is 0 Å². The molecule has 1 fully saturated rings. The van der Waals surface area contributed by atoms with Gasteiger partial charge in [0.15, 0.2) is 0 Å². The predicted octanol–water partition coefficient (Wildman–Crippen LogP) is 3.02. The number of carbonyl (C=O) groups excluding carboxylic acids is 1. The summed E-state index contributed by atoms with van der Waals surface area (Å²) in [6, 6.07) is 4.18.